The minimum absolute atomic E-state index is 0.0141. The molecule has 1 saturated heterocycles. The van der Waals surface area contributed by atoms with Gasteiger partial charge in [-0.1, -0.05) is 30.3 Å². The molecule has 0 aliphatic carbocycles. The van der Waals surface area contributed by atoms with E-state index in [-0.39, 0.29) is 22.8 Å². The normalized spacial score (nSPS) is 17.6. The van der Waals surface area contributed by atoms with Gasteiger partial charge in [-0.25, -0.2) is 8.42 Å². The Kier molecular flexibility index (Phi) is 5.68. The van der Waals surface area contributed by atoms with E-state index in [4.69, 9.17) is 0 Å². The second-order valence-corrected chi connectivity index (χ2v) is 8.45. The number of rotatable bonds is 5. The zero-order valence-electron chi connectivity index (χ0n) is 14.7. The van der Waals surface area contributed by atoms with Gasteiger partial charge in [0.25, 0.3) is 0 Å². The van der Waals surface area contributed by atoms with Crippen molar-refractivity contribution in [1.29, 1.82) is 0 Å². The van der Waals surface area contributed by atoms with E-state index in [1.165, 1.54) is 10.5 Å². The van der Waals surface area contributed by atoms with Gasteiger partial charge in [0.1, 0.15) is 4.90 Å². The van der Waals surface area contributed by atoms with Gasteiger partial charge in [0.2, 0.25) is 15.9 Å². The molecule has 138 valence electrons. The molecule has 3 rings (SSSR count). The van der Waals surface area contributed by atoms with E-state index in [2.05, 4.69) is 10.3 Å². The summed E-state index contributed by atoms with van der Waals surface area (Å²) in [5, 5.41) is 3.03. The fourth-order valence-electron chi connectivity index (χ4n) is 3.16. The van der Waals surface area contributed by atoms with Crippen LogP contribution in [0.1, 0.15) is 31.4 Å². The highest BCUT2D eigenvalue weighted by atomic mass is 32.2. The van der Waals surface area contributed by atoms with Crippen molar-refractivity contribution in [1.82, 2.24) is 14.6 Å². The van der Waals surface area contributed by atoms with E-state index in [0.29, 0.717) is 25.9 Å². The van der Waals surface area contributed by atoms with E-state index in [9.17, 15) is 13.2 Å². The maximum atomic E-state index is 12.6. The van der Waals surface area contributed by atoms with Crippen LogP contribution in [0.5, 0.6) is 0 Å². The monoisotopic (exact) mass is 373 g/mol. The van der Waals surface area contributed by atoms with Crippen molar-refractivity contribution in [3.05, 3.63) is 60.4 Å². The summed E-state index contributed by atoms with van der Waals surface area (Å²) in [7, 11) is -3.54. The van der Waals surface area contributed by atoms with Gasteiger partial charge in [-0.15, -0.1) is 0 Å². The third-order valence-corrected chi connectivity index (χ3v) is 6.64. The van der Waals surface area contributed by atoms with Crippen molar-refractivity contribution >= 4 is 15.9 Å². The smallest absolute Gasteiger partial charge is 0.244 e. The van der Waals surface area contributed by atoms with Crippen molar-refractivity contribution < 1.29 is 13.2 Å². The van der Waals surface area contributed by atoms with Crippen LogP contribution >= 0.6 is 0 Å². The van der Waals surface area contributed by atoms with Crippen LogP contribution in [-0.4, -0.2) is 36.7 Å². The van der Waals surface area contributed by atoms with E-state index in [0.717, 1.165) is 5.56 Å². The van der Waals surface area contributed by atoms with Gasteiger partial charge in [0, 0.05) is 31.4 Å². The zero-order valence-corrected chi connectivity index (χ0v) is 15.5. The van der Waals surface area contributed by atoms with Crippen LogP contribution in [0.2, 0.25) is 0 Å². The van der Waals surface area contributed by atoms with Gasteiger partial charge in [0.05, 0.1) is 6.04 Å². The van der Waals surface area contributed by atoms with Crippen LogP contribution in [0.4, 0.5) is 0 Å². The minimum atomic E-state index is -3.54. The van der Waals surface area contributed by atoms with Gasteiger partial charge in [-0.2, -0.15) is 4.31 Å². The highest BCUT2D eigenvalue weighted by Gasteiger charge is 2.32. The van der Waals surface area contributed by atoms with E-state index >= 15 is 0 Å². The van der Waals surface area contributed by atoms with E-state index in [1.807, 2.05) is 37.3 Å². The molecule has 7 heteroatoms. The Hall–Kier alpha value is -2.25. The van der Waals surface area contributed by atoms with E-state index < -0.39 is 10.0 Å². The average Bonchev–Trinajstić information content (AvgIpc) is 2.69. The highest BCUT2D eigenvalue weighted by molar-refractivity contribution is 7.89. The van der Waals surface area contributed by atoms with Crippen LogP contribution in [0, 0.1) is 5.92 Å². The average molecular weight is 373 g/mol. The molecule has 1 aliphatic rings. The number of hydrogen-bond acceptors (Lipinski definition) is 4. The second-order valence-electron chi connectivity index (χ2n) is 6.51. The molecule has 0 spiro atoms. The Bertz CT molecular complexity index is 833. The first-order valence-corrected chi connectivity index (χ1v) is 10.2. The molecule has 1 atom stereocenters. The summed E-state index contributed by atoms with van der Waals surface area (Å²) in [6.07, 6.45) is 3.94. The highest BCUT2D eigenvalue weighted by Crippen LogP contribution is 2.24. The van der Waals surface area contributed by atoms with Gasteiger partial charge in [0.15, 0.2) is 0 Å². The summed E-state index contributed by atoms with van der Waals surface area (Å²) in [5.74, 6) is -0.179. The number of amides is 1. The summed E-state index contributed by atoms with van der Waals surface area (Å²) in [6, 6.07) is 12.9. The van der Waals surface area contributed by atoms with Crippen LogP contribution in [0.3, 0.4) is 0 Å². The topological polar surface area (TPSA) is 79.4 Å². The molecule has 2 aromatic rings. The number of piperidine rings is 1. The lowest BCUT2D eigenvalue weighted by molar-refractivity contribution is -0.126. The molecule has 0 saturated carbocycles. The predicted octanol–water partition coefficient (Wildman–Crippen LogP) is 2.36. The van der Waals surface area contributed by atoms with Crippen molar-refractivity contribution in [3.63, 3.8) is 0 Å². The van der Waals surface area contributed by atoms with Gasteiger partial charge >= 0.3 is 0 Å². The standard InChI is InChI=1S/C19H23N3O3S/c1-15(16-6-3-2-4-7-16)21-19(23)17-9-12-22(13-10-17)26(24,25)18-8-5-11-20-14-18/h2-8,11,14-15,17H,9-10,12-13H2,1H3,(H,21,23). The molecule has 0 radical (unpaired) electrons. The Balaban J connectivity index is 1.57. The summed E-state index contributed by atoms with van der Waals surface area (Å²) in [4.78, 5) is 16.6. The minimum Gasteiger partial charge on any atom is -0.349 e. The summed E-state index contributed by atoms with van der Waals surface area (Å²) >= 11 is 0. The SMILES string of the molecule is CC(NC(=O)C1CCN(S(=O)(=O)c2cccnc2)CC1)c1ccccc1. The molecule has 1 N–H and O–H groups in total. The van der Waals surface area contributed by atoms with Gasteiger partial charge in [-0.3, -0.25) is 9.78 Å². The van der Waals surface area contributed by atoms with Crippen LogP contribution < -0.4 is 5.32 Å². The van der Waals surface area contributed by atoms with Crippen molar-refractivity contribution in [3.8, 4) is 0 Å². The Morgan fingerprint density at radius 3 is 2.46 bits per heavy atom. The molecule has 1 amide bonds. The molecule has 1 aliphatic heterocycles. The van der Waals surface area contributed by atoms with Crippen LogP contribution in [-0.2, 0) is 14.8 Å². The van der Waals surface area contributed by atoms with E-state index in [1.54, 1.807) is 18.3 Å². The Morgan fingerprint density at radius 1 is 1.15 bits per heavy atom. The third-order valence-electron chi connectivity index (χ3n) is 4.76. The molecule has 2 heterocycles. The molecular formula is C19H23N3O3S. The number of hydrogen-bond donors (Lipinski definition) is 1. The maximum Gasteiger partial charge on any atom is 0.244 e. The van der Waals surface area contributed by atoms with Gasteiger partial charge < -0.3 is 5.32 Å². The van der Waals surface area contributed by atoms with Crippen LogP contribution in [0.15, 0.2) is 59.8 Å². The maximum absolute atomic E-state index is 12.6. The Morgan fingerprint density at radius 2 is 1.85 bits per heavy atom. The van der Waals surface area contributed by atoms with Gasteiger partial charge in [-0.05, 0) is 37.5 Å². The number of nitrogens with one attached hydrogen (secondary N) is 1. The molecule has 1 aromatic heterocycles. The fraction of sp³-hybridized carbons (Fsp3) is 0.368. The summed E-state index contributed by atoms with van der Waals surface area (Å²) in [5.41, 5.74) is 1.05. The first kappa shape index (κ1) is 18.5. The zero-order chi connectivity index (χ0) is 18.6. The lowest BCUT2D eigenvalue weighted by Gasteiger charge is -2.31. The Labute approximate surface area is 154 Å². The quantitative estimate of drug-likeness (QED) is 0.873. The molecule has 1 fully saturated rings. The first-order chi connectivity index (χ1) is 12.5. The lowest BCUT2D eigenvalue weighted by Crippen LogP contribution is -2.43. The number of benzene rings is 1. The number of nitrogens with zero attached hydrogens (tertiary/aromatic N) is 2. The van der Waals surface area contributed by atoms with Crippen molar-refractivity contribution in [2.45, 2.75) is 30.7 Å². The molecule has 6 nitrogen and oxygen atoms in total. The third kappa shape index (κ3) is 4.11. The van der Waals surface area contributed by atoms with Crippen molar-refractivity contribution in [2.75, 3.05) is 13.1 Å². The first-order valence-electron chi connectivity index (χ1n) is 8.74. The molecular weight excluding hydrogens is 350 g/mol. The largest absolute Gasteiger partial charge is 0.349 e. The fourth-order valence-corrected chi connectivity index (χ4v) is 4.60. The summed E-state index contributed by atoms with van der Waals surface area (Å²) < 4.78 is 26.7. The molecule has 0 bridgehead atoms. The van der Waals surface area contributed by atoms with Crippen molar-refractivity contribution in [2.24, 2.45) is 5.92 Å². The van der Waals surface area contributed by atoms with Crippen LogP contribution in [0.25, 0.3) is 0 Å². The number of aromatic nitrogens is 1. The predicted molar refractivity (Wildman–Crippen MR) is 98.7 cm³/mol. The number of carbonyl (C=O) groups is 1. The summed E-state index contributed by atoms with van der Waals surface area (Å²) in [6.45, 7) is 2.64. The molecule has 1 unspecified atom stereocenters. The molecule has 1 aromatic carbocycles. The lowest BCUT2D eigenvalue weighted by atomic mass is 9.96. The molecule has 26 heavy (non-hydrogen) atoms. The number of pyridine rings is 1. The number of sulfonamides is 1. The number of carbonyl (C=O) groups excluding carboxylic acids is 1. The second kappa shape index (κ2) is 7.97.